The van der Waals surface area contributed by atoms with Gasteiger partial charge < -0.3 is 4.90 Å². The number of rotatable bonds is 4. The first kappa shape index (κ1) is 13.0. The van der Waals surface area contributed by atoms with Crippen LogP contribution in [0.5, 0.6) is 0 Å². The number of hydrogen-bond donors (Lipinski definition) is 0. The second-order valence-electron chi connectivity index (χ2n) is 3.90. The monoisotopic (exact) mass is 239 g/mol. The van der Waals surface area contributed by atoms with Crippen molar-refractivity contribution in [1.29, 1.82) is 0 Å². The van der Waals surface area contributed by atoms with Crippen LogP contribution in [0.4, 0.5) is 5.69 Å². The number of anilines is 1. The number of hydrogen-bond acceptors (Lipinski definition) is 1. The fourth-order valence-electron chi connectivity index (χ4n) is 1.70. The summed E-state index contributed by atoms with van der Waals surface area (Å²) in [6, 6.07) is 6.00. The van der Waals surface area contributed by atoms with Crippen LogP contribution >= 0.6 is 11.6 Å². The third-order valence-electron chi connectivity index (χ3n) is 2.73. The van der Waals surface area contributed by atoms with Gasteiger partial charge in [0.15, 0.2) is 0 Å². The third-order valence-corrected chi connectivity index (χ3v) is 2.96. The predicted octanol–water partition coefficient (Wildman–Crippen LogP) is 3.29. The number of alkyl halides is 1. The molecule has 3 heteroatoms. The van der Waals surface area contributed by atoms with E-state index >= 15 is 0 Å². The van der Waals surface area contributed by atoms with Crippen molar-refractivity contribution in [3.05, 3.63) is 29.3 Å². The van der Waals surface area contributed by atoms with Crippen LogP contribution in [0.15, 0.2) is 18.2 Å². The Bertz CT molecular complexity index is 376. The van der Waals surface area contributed by atoms with E-state index in [1.165, 1.54) is 5.56 Å². The number of benzene rings is 1. The van der Waals surface area contributed by atoms with Gasteiger partial charge in [0.1, 0.15) is 5.88 Å². The molecule has 0 heterocycles. The van der Waals surface area contributed by atoms with E-state index in [4.69, 9.17) is 11.6 Å². The van der Waals surface area contributed by atoms with Crippen molar-refractivity contribution in [2.45, 2.75) is 27.2 Å². The maximum absolute atomic E-state index is 11.8. The van der Waals surface area contributed by atoms with Gasteiger partial charge in [-0.1, -0.05) is 19.1 Å². The first-order chi connectivity index (χ1) is 7.61. The Labute approximate surface area is 102 Å². The van der Waals surface area contributed by atoms with Crippen LogP contribution in [-0.2, 0) is 4.79 Å². The molecule has 0 spiro atoms. The minimum Gasteiger partial charge on any atom is -0.311 e. The molecule has 1 aromatic rings. The SMILES string of the molecule is CCCN(C(=O)CCl)c1cccc(C)c1C. The topological polar surface area (TPSA) is 20.3 Å². The maximum Gasteiger partial charge on any atom is 0.241 e. The van der Waals surface area contributed by atoms with Crippen LogP contribution < -0.4 is 4.90 Å². The highest BCUT2D eigenvalue weighted by atomic mass is 35.5. The minimum atomic E-state index is -0.0304. The highest BCUT2D eigenvalue weighted by molar-refractivity contribution is 6.29. The molecule has 0 fully saturated rings. The highest BCUT2D eigenvalue weighted by Gasteiger charge is 2.15. The van der Waals surface area contributed by atoms with Gasteiger partial charge in [-0.05, 0) is 37.5 Å². The Morgan fingerprint density at radius 2 is 2.06 bits per heavy atom. The molecular weight excluding hydrogens is 222 g/mol. The molecule has 16 heavy (non-hydrogen) atoms. The summed E-state index contributed by atoms with van der Waals surface area (Å²) in [5, 5.41) is 0. The van der Waals surface area contributed by atoms with Gasteiger partial charge in [-0.3, -0.25) is 4.79 Å². The molecule has 0 aromatic heterocycles. The van der Waals surface area contributed by atoms with Gasteiger partial charge in [-0.25, -0.2) is 0 Å². The average Bonchev–Trinajstić information content (AvgIpc) is 2.29. The molecule has 0 aliphatic heterocycles. The molecule has 1 rings (SSSR count). The van der Waals surface area contributed by atoms with E-state index < -0.39 is 0 Å². The average molecular weight is 240 g/mol. The van der Waals surface area contributed by atoms with Gasteiger partial charge in [0, 0.05) is 12.2 Å². The van der Waals surface area contributed by atoms with Crippen molar-refractivity contribution in [3.8, 4) is 0 Å². The molecule has 2 nitrogen and oxygen atoms in total. The Morgan fingerprint density at radius 1 is 1.38 bits per heavy atom. The molecule has 0 N–H and O–H groups in total. The fourth-order valence-corrected chi connectivity index (χ4v) is 1.85. The lowest BCUT2D eigenvalue weighted by Crippen LogP contribution is -2.33. The molecular formula is C13H18ClNO. The van der Waals surface area contributed by atoms with Gasteiger partial charge in [-0.15, -0.1) is 11.6 Å². The lowest BCUT2D eigenvalue weighted by atomic mass is 10.1. The Morgan fingerprint density at radius 3 is 2.62 bits per heavy atom. The number of nitrogens with zero attached hydrogens (tertiary/aromatic N) is 1. The normalized spacial score (nSPS) is 10.2. The van der Waals surface area contributed by atoms with Gasteiger partial charge in [0.25, 0.3) is 0 Å². The molecule has 88 valence electrons. The van der Waals surface area contributed by atoms with Crippen LogP contribution in [0.2, 0.25) is 0 Å². The van der Waals surface area contributed by atoms with Crippen molar-refractivity contribution in [2.75, 3.05) is 17.3 Å². The van der Waals surface area contributed by atoms with Gasteiger partial charge in [0.05, 0.1) is 0 Å². The molecule has 0 saturated heterocycles. The van der Waals surface area contributed by atoms with Crippen LogP contribution in [0.25, 0.3) is 0 Å². The summed E-state index contributed by atoms with van der Waals surface area (Å²) in [6.45, 7) is 6.86. The lowest BCUT2D eigenvalue weighted by molar-refractivity contribution is -0.116. The molecule has 1 aromatic carbocycles. The quantitative estimate of drug-likeness (QED) is 0.739. The zero-order valence-electron chi connectivity index (χ0n) is 10.1. The van der Waals surface area contributed by atoms with E-state index in [2.05, 4.69) is 6.92 Å². The molecule has 0 aliphatic rings. The standard InChI is InChI=1S/C13H18ClNO/c1-4-8-15(13(16)9-14)12-7-5-6-10(2)11(12)3/h5-7H,4,8-9H2,1-3H3. The largest absolute Gasteiger partial charge is 0.311 e. The fraction of sp³-hybridized carbons (Fsp3) is 0.462. The first-order valence-electron chi connectivity index (χ1n) is 5.54. The van der Waals surface area contributed by atoms with E-state index in [0.717, 1.165) is 24.2 Å². The summed E-state index contributed by atoms with van der Waals surface area (Å²) in [7, 11) is 0. The van der Waals surface area contributed by atoms with Crippen molar-refractivity contribution in [3.63, 3.8) is 0 Å². The predicted molar refractivity (Wildman–Crippen MR) is 69.3 cm³/mol. The maximum atomic E-state index is 11.8. The highest BCUT2D eigenvalue weighted by Crippen LogP contribution is 2.23. The van der Waals surface area contributed by atoms with E-state index in [1.54, 1.807) is 4.90 Å². The minimum absolute atomic E-state index is 0.0304. The Balaban J connectivity index is 3.10. The molecule has 0 saturated carbocycles. The summed E-state index contributed by atoms with van der Waals surface area (Å²) in [6.07, 6.45) is 0.927. The van der Waals surface area contributed by atoms with Crippen molar-refractivity contribution in [2.24, 2.45) is 0 Å². The van der Waals surface area contributed by atoms with Gasteiger partial charge in [-0.2, -0.15) is 0 Å². The second-order valence-corrected chi connectivity index (χ2v) is 4.17. The van der Waals surface area contributed by atoms with Gasteiger partial charge >= 0.3 is 0 Å². The summed E-state index contributed by atoms with van der Waals surface area (Å²) < 4.78 is 0. The second kappa shape index (κ2) is 5.90. The van der Waals surface area contributed by atoms with E-state index in [1.807, 2.05) is 32.0 Å². The number of halogens is 1. The van der Waals surface area contributed by atoms with E-state index in [0.29, 0.717) is 0 Å². The van der Waals surface area contributed by atoms with Crippen molar-refractivity contribution in [1.82, 2.24) is 0 Å². The van der Waals surface area contributed by atoms with Crippen LogP contribution in [0, 0.1) is 13.8 Å². The van der Waals surface area contributed by atoms with Crippen LogP contribution in [0.1, 0.15) is 24.5 Å². The van der Waals surface area contributed by atoms with E-state index in [9.17, 15) is 4.79 Å². The zero-order chi connectivity index (χ0) is 12.1. The summed E-state index contributed by atoms with van der Waals surface area (Å²) in [4.78, 5) is 13.5. The summed E-state index contributed by atoms with van der Waals surface area (Å²) >= 11 is 5.63. The number of carbonyl (C=O) groups excluding carboxylic acids is 1. The molecule has 0 aliphatic carbocycles. The molecule has 1 amide bonds. The van der Waals surface area contributed by atoms with Crippen molar-refractivity contribution >= 4 is 23.2 Å². The summed E-state index contributed by atoms with van der Waals surface area (Å²) in [5.74, 6) is 0.00475. The number of amides is 1. The first-order valence-corrected chi connectivity index (χ1v) is 6.07. The van der Waals surface area contributed by atoms with Crippen LogP contribution in [-0.4, -0.2) is 18.3 Å². The zero-order valence-corrected chi connectivity index (χ0v) is 10.8. The third kappa shape index (κ3) is 2.76. The smallest absolute Gasteiger partial charge is 0.241 e. The Hall–Kier alpha value is -1.02. The molecule has 0 unspecified atom stereocenters. The number of aryl methyl sites for hydroxylation is 1. The summed E-state index contributed by atoms with van der Waals surface area (Å²) in [5.41, 5.74) is 3.32. The van der Waals surface area contributed by atoms with Crippen LogP contribution in [0.3, 0.4) is 0 Å². The molecule has 0 radical (unpaired) electrons. The van der Waals surface area contributed by atoms with Gasteiger partial charge in [0.2, 0.25) is 5.91 Å². The van der Waals surface area contributed by atoms with E-state index in [-0.39, 0.29) is 11.8 Å². The molecule has 0 atom stereocenters. The van der Waals surface area contributed by atoms with Crippen molar-refractivity contribution < 1.29 is 4.79 Å². The molecule has 0 bridgehead atoms. The Kier molecular flexibility index (Phi) is 4.81. The number of carbonyl (C=O) groups is 1. The lowest BCUT2D eigenvalue weighted by Gasteiger charge is -2.24.